The van der Waals surface area contributed by atoms with Gasteiger partial charge in [-0.15, -0.1) is 0 Å². The maximum absolute atomic E-state index is 13.1. The number of hydrogen-bond acceptors (Lipinski definition) is 6. The number of anilines is 3. The van der Waals surface area contributed by atoms with Gasteiger partial charge in [0.2, 0.25) is 17.7 Å². The smallest absolute Gasteiger partial charge is 0.268 e. The zero-order valence-corrected chi connectivity index (χ0v) is 20.0. The molecule has 0 saturated carbocycles. The summed E-state index contributed by atoms with van der Waals surface area (Å²) in [5, 5.41) is 3.85. The molecule has 174 valence electrons. The summed E-state index contributed by atoms with van der Waals surface area (Å²) in [5.41, 5.74) is 3.67. The second-order valence-electron chi connectivity index (χ2n) is 8.30. The number of amides is 2. The molecule has 5 rings (SSSR count). The summed E-state index contributed by atoms with van der Waals surface area (Å²) in [4.78, 5) is 36.9. The molecule has 0 fully saturated rings. The molecular weight excluding hydrogens is 477 g/mol. The molecule has 1 unspecified atom stereocenters. The summed E-state index contributed by atoms with van der Waals surface area (Å²) in [6.45, 7) is 4.13. The monoisotopic (exact) mass is 497 g/mol. The fraction of sp³-hybridized carbons (Fsp3) is 0.250. The van der Waals surface area contributed by atoms with Crippen molar-refractivity contribution in [1.82, 2.24) is 14.9 Å². The van der Waals surface area contributed by atoms with Crippen molar-refractivity contribution in [3.05, 3.63) is 69.3 Å². The average molecular weight is 498 g/mol. The van der Waals surface area contributed by atoms with Crippen LogP contribution in [0.25, 0.3) is 0 Å². The van der Waals surface area contributed by atoms with E-state index >= 15 is 0 Å². The zero-order chi connectivity index (χ0) is 24.0. The summed E-state index contributed by atoms with van der Waals surface area (Å²) in [6, 6.07) is 11.2. The summed E-state index contributed by atoms with van der Waals surface area (Å²) < 4.78 is 5.74. The molecule has 2 aliphatic rings. The minimum absolute atomic E-state index is 0.0588. The third-order valence-corrected chi connectivity index (χ3v) is 6.63. The van der Waals surface area contributed by atoms with Gasteiger partial charge in [-0.05, 0) is 48.7 Å². The number of ether oxygens (including phenoxy) is 1. The Hall–Kier alpha value is -3.36. The molecular formula is C24H21Cl2N5O3. The molecule has 1 atom stereocenters. The van der Waals surface area contributed by atoms with E-state index in [1.165, 1.54) is 16.7 Å². The summed E-state index contributed by atoms with van der Waals surface area (Å²) in [6.07, 6.45) is 2.23. The Labute approximate surface area is 206 Å². The predicted octanol–water partition coefficient (Wildman–Crippen LogP) is 4.82. The minimum Gasteiger partial charge on any atom is -0.455 e. The van der Waals surface area contributed by atoms with E-state index in [1.54, 1.807) is 25.1 Å². The van der Waals surface area contributed by atoms with E-state index in [-0.39, 0.29) is 36.0 Å². The maximum atomic E-state index is 13.1. The second-order valence-corrected chi connectivity index (χ2v) is 9.11. The Bertz CT molecular complexity index is 1300. The molecule has 2 amide bonds. The van der Waals surface area contributed by atoms with Crippen LogP contribution in [0.15, 0.2) is 42.6 Å². The largest absolute Gasteiger partial charge is 0.455 e. The molecule has 0 bridgehead atoms. The number of para-hydroxylation sites is 1. The SMILES string of the molecule is CC(=O)N1Cc2cc(Nc3ncc4c(n3)OCN(c3c(Cl)cccc3Cl)C4=O)ccc2CC1C. The van der Waals surface area contributed by atoms with Crippen LogP contribution in [0.2, 0.25) is 10.0 Å². The molecule has 3 aromatic rings. The van der Waals surface area contributed by atoms with Gasteiger partial charge >= 0.3 is 0 Å². The van der Waals surface area contributed by atoms with Crippen LogP contribution >= 0.6 is 23.2 Å². The first-order valence-electron chi connectivity index (χ1n) is 10.7. The van der Waals surface area contributed by atoms with E-state index in [2.05, 4.69) is 28.3 Å². The lowest BCUT2D eigenvalue weighted by molar-refractivity contribution is -0.131. The van der Waals surface area contributed by atoms with Crippen LogP contribution < -0.4 is 15.0 Å². The lowest BCUT2D eigenvalue weighted by Gasteiger charge is -2.34. The average Bonchev–Trinajstić information content (AvgIpc) is 2.80. The van der Waals surface area contributed by atoms with Gasteiger partial charge in [-0.2, -0.15) is 4.98 Å². The highest BCUT2D eigenvalue weighted by Crippen LogP contribution is 2.37. The summed E-state index contributed by atoms with van der Waals surface area (Å²) >= 11 is 12.5. The Kier molecular flexibility index (Phi) is 5.79. The first kappa shape index (κ1) is 22.4. The van der Waals surface area contributed by atoms with Gasteiger partial charge < -0.3 is 15.0 Å². The molecule has 1 aromatic heterocycles. The summed E-state index contributed by atoms with van der Waals surface area (Å²) in [7, 11) is 0. The van der Waals surface area contributed by atoms with Crippen molar-refractivity contribution >= 4 is 52.3 Å². The lowest BCUT2D eigenvalue weighted by Crippen LogP contribution is -2.41. The maximum Gasteiger partial charge on any atom is 0.268 e. The van der Waals surface area contributed by atoms with E-state index in [9.17, 15) is 9.59 Å². The van der Waals surface area contributed by atoms with E-state index in [0.717, 1.165) is 17.7 Å². The molecule has 2 aromatic carbocycles. The quantitative estimate of drug-likeness (QED) is 0.558. The Balaban J connectivity index is 1.37. The van der Waals surface area contributed by atoms with Gasteiger partial charge in [0.05, 0.1) is 15.7 Å². The number of carbonyl (C=O) groups is 2. The van der Waals surface area contributed by atoms with Gasteiger partial charge in [0.15, 0.2) is 6.73 Å². The van der Waals surface area contributed by atoms with Crippen molar-refractivity contribution in [3.63, 3.8) is 0 Å². The highest BCUT2D eigenvalue weighted by atomic mass is 35.5. The van der Waals surface area contributed by atoms with E-state index in [4.69, 9.17) is 27.9 Å². The Morgan fingerprint density at radius 3 is 2.68 bits per heavy atom. The number of hydrogen-bond donors (Lipinski definition) is 1. The second kappa shape index (κ2) is 8.77. The first-order chi connectivity index (χ1) is 16.3. The molecule has 0 saturated heterocycles. The normalized spacial score (nSPS) is 17.1. The fourth-order valence-corrected chi connectivity index (χ4v) is 4.90. The van der Waals surface area contributed by atoms with Crippen molar-refractivity contribution in [1.29, 1.82) is 0 Å². The molecule has 0 aliphatic carbocycles. The third kappa shape index (κ3) is 4.03. The Morgan fingerprint density at radius 2 is 1.94 bits per heavy atom. The van der Waals surface area contributed by atoms with Crippen LogP contribution in [0.3, 0.4) is 0 Å². The van der Waals surface area contributed by atoms with Gasteiger partial charge in [0, 0.05) is 31.4 Å². The molecule has 34 heavy (non-hydrogen) atoms. The molecule has 10 heteroatoms. The fourth-order valence-electron chi connectivity index (χ4n) is 4.29. The number of benzene rings is 2. The number of nitrogens with zero attached hydrogens (tertiary/aromatic N) is 4. The van der Waals surface area contributed by atoms with Crippen LogP contribution in [0.1, 0.15) is 35.3 Å². The van der Waals surface area contributed by atoms with Gasteiger partial charge in [-0.25, -0.2) is 4.98 Å². The van der Waals surface area contributed by atoms with Crippen molar-refractivity contribution in [2.45, 2.75) is 32.9 Å². The van der Waals surface area contributed by atoms with Crippen molar-refractivity contribution in [2.75, 3.05) is 16.9 Å². The van der Waals surface area contributed by atoms with Crippen molar-refractivity contribution in [2.24, 2.45) is 0 Å². The van der Waals surface area contributed by atoms with Gasteiger partial charge in [-0.1, -0.05) is 35.3 Å². The van der Waals surface area contributed by atoms with Crippen LogP contribution in [-0.4, -0.2) is 39.5 Å². The third-order valence-electron chi connectivity index (χ3n) is 6.02. The van der Waals surface area contributed by atoms with Crippen LogP contribution in [-0.2, 0) is 17.8 Å². The molecule has 0 spiro atoms. The molecule has 0 radical (unpaired) electrons. The highest BCUT2D eigenvalue weighted by Gasteiger charge is 2.31. The van der Waals surface area contributed by atoms with Crippen LogP contribution in [0.4, 0.5) is 17.3 Å². The van der Waals surface area contributed by atoms with Crippen molar-refractivity contribution < 1.29 is 14.3 Å². The lowest BCUT2D eigenvalue weighted by atomic mass is 9.94. The zero-order valence-electron chi connectivity index (χ0n) is 18.5. The van der Waals surface area contributed by atoms with E-state index in [1.807, 2.05) is 17.0 Å². The predicted molar refractivity (Wildman–Crippen MR) is 130 cm³/mol. The van der Waals surface area contributed by atoms with E-state index < -0.39 is 0 Å². The minimum atomic E-state index is -0.352. The number of fused-ring (bicyclic) bond motifs is 2. The van der Waals surface area contributed by atoms with E-state index in [0.29, 0.717) is 28.2 Å². The number of carbonyl (C=O) groups excluding carboxylic acids is 2. The number of nitrogens with one attached hydrogen (secondary N) is 1. The number of aromatic nitrogens is 2. The Morgan fingerprint density at radius 1 is 1.18 bits per heavy atom. The molecule has 3 heterocycles. The molecule has 8 nitrogen and oxygen atoms in total. The topological polar surface area (TPSA) is 87.7 Å². The summed E-state index contributed by atoms with van der Waals surface area (Å²) in [5.74, 6) is 0.179. The van der Waals surface area contributed by atoms with Crippen LogP contribution in [0.5, 0.6) is 5.88 Å². The number of rotatable bonds is 3. The van der Waals surface area contributed by atoms with Gasteiger partial charge in [-0.3, -0.25) is 14.5 Å². The molecule has 2 aliphatic heterocycles. The van der Waals surface area contributed by atoms with Crippen LogP contribution in [0, 0.1) is 0 Å². The van der Waals surface area contributed by atoms with Crippen molar-refractivity contribution in [3.8, 4) is 5.88 Å². The number of halogens is 2. The first-order valence-corrected chi connectivity index (χ1v) is 11.5. The highest BCUT2D eigenvalue weighted by molar-refractivity contribution is 6.40. The van der Waals surface area contributed by atoms with Gasteiger partial charge in [0.25, 0.3) is 5.91 Å². The standard InChI is InChI=1S/C24H21Cl2N5O3/c1-13-8-15-6-7-17(9-16(15)11-30(13)14(2)32)28-24-27-10-18-22(29-24)34-12-31(23(18)33)21-19(25)4-3-5-20(21)26/h3-7,9-10,13H,8,11-12H2,1-2H3,(H,27,28,29). The van der Waals surface area contributed by atoms with Gasteiger partial charge in [0.1, 0.15) is 5.56 Å². The molecule has 1 N–H and O–H groups in total.